The first-order valence-electron chi connectivity index (χ1n) is 27.5. The Labute approximate surface area is 494 Å². The van der Waals surface area contributed by atoms with Crippen LogP contribution in [0.25, 0.3) is 44.8 Å². The minimum Gasteiger partial charge on any atom is -0.397 e. The Hall–Kier alpha value is -7.53. The number of amides is 3. The van der Waals surface area contributed by atoms with Crippen molar-refractivity contribution in [2.45, 2.75) is 107 Å². The number of anilines is 4. The second-order valence-electron chi connectivity index (χ2n) is 20.7. The maximum atomic E-state index is 17.0. The molecule has 4 aliphatic heterocycles. The van der Waals surface area contributed by atoms with Crippen LogP contribution in [-0.4, -0.2) is 131 Å². The van der Waals surface area contributed by atoms with E-state index < -0.39 is 82.6 Å². The number of aryl methyl sites for hydroxylation is 1. The standard InChI is InChI=1S/C54H56BF2N15O11P2S/c1-2-41(75)69-23-31-10-5-6-11-33(31)47-44(34-12-7-8-13-36(34)69)67-68-72(47)21-9-3-4-14-39(73)61-22-40(74)66-32-17-15-30(16-18-32)26-86-85(77)79-25-38-48(42(56)53(81-38)71-29-65-46-50(59)62-27-63-52(46)71)82-84(55,76)78-24-37-49(83-85)43(57)54(80-37)70-28-64-45-35(58)19-20-60-51(45)70/h5-8,10-13,15-20,27-29,37-38,42-43,48-49,53-54H,2-4,9,14,21-26H2,1H3,(H2,58,60)(H,61,73)(H,66,74)(H2,59,62,63)/t37-,38-,42-,43-,48-,49-,53-,54-,84+,85-/m1/s1. The predicted octanol–water partition coefficient (Wildman–Crippen LogP) is 7.54. The number of halogens is 2. The second kappa shape index (κ2) is 24.7. The van der Waals surface area contributed by atoms with Gasteiger partial charge in [-0.2, -0.15) is 0 Å². The van der Waals surface area contributed by atoms with Crippen molar-refractivity contribution in [3.8, 4) is 22.5 Å². The van der Waals surface area contributed by atoms with Crippen LogP contribution >= 0.6 is 25.7 Å². The fourth-order valence-electron chi connectivity index (χ4n) is 10.8. The molecule has 0 aliphatic carbocycles. The highest BCUT2D eigenvalue weighted by Crippen LogP contribution is 2.65. The van der Waals surface area contributed by atoms with Crippen LogP contribution < -0.4 is 27.0 Å². The molecule has 5 aromatic heterocycles. The quantitative estimate of drug-likeness (QED) is 0.0437. The van der Waals surface area contributed by atoms with Gasteiger partial charge in [0.2, 0.25) is 25.3 Å². The van der Waals surface area contributed by atoms with Crippen molar-refractivity contribution in [2.75, 3.05) is 41.4 Å². The Bertz CT molecular complexity index is 3960. The molecule has 2 radical (unpaired) electrons. The van der Waals surface area contributed by atoms with Crippen LogP contribution in [0, 0.1) is 0 Å². The Morgan fingerprint density at radius 3 is 2.22 bits per heavy atom. The van der Waals surface area contributed by atoms with Gasteiger partial charge in [-0.15, -0.1) is 5.10 Å². The summed E-state index contributed by atoms with van der Waals surface area (Å²) in [6.45, 7) is -3.58. The molecule has 26 nitrogen and oxygen atoms in total. The van der Waals surface area contributed by atoms with E-state index in [1.165, 1.54) is 34.1 Å². The number of para-hydroxylation sites is 1. The number of nitrogens with two attached hydrogens (primary N) is 2. The highest BCUT2D eigenvalue weighted by Gasteiger charge is 2.55. The molecule has 9 heterocycles. The molecule has 4 aliphatic rings. The van der Waals surface area contributed by atoms with Gasteiger partial charge in [-0.3, -0.25) is 37.1 Å². The van der Waals surface area contributed by atoms with E-state index in [2.05, 4.69) is 45.9 Å². The average molecular weight is 1230 g/mol. The van der Waals surface area contributed by atoms with E-state index in [-0.39, 0.29) is 64.4 Å². The largest absolute Gasteiger partial charge is 0.397 e. The number of hydrogen-bond donors (Lipinski definition) is 4. The van der Waals surface area contributed by atoms with Crippen LogP contribution in [0.5, 0.6) is 0 Å². The van der Waals surface area contributed by atoms with Crippen molar-refractivity contribution in [3.05, 3.63) is 115 Å². The van der Waals surface area contributed by atoms with E-state index in [4.69, 9.17) is 46.6 Å². The minimum absolute atomic E-state index is 0.00678. The Kier molecular flexibility index (Phi) is 16.9. The van der Waals surface area contributed by atoms with Gasteiger partial charge in [0.1, 0.15) is 47.5 Å². The zero-order valence-corrected chi connectivity index (χ0v) is 48.5. The van der Waals surface area contributed by atoms with Crippen molar-refractivity contribution in [1.29, 1.82) is 0 Å². The zero-order chi connectivity index (χ0) is 59.9. The number of unbranched alkanes of at least 4 members (excludes halogenated alkanes) is 2. The Morgan fingerprint density at radius 1 is 0.779 bits per heavy atom. The molecular formula is C54H56BF2N15O11P2S. The van der Waals surface area contributed by atoms with Crippen LogP contribution in [0.2, 0.25) is 0 Å². The monoisotopic (exact) mass is 1230 g/mol. The number of nitrogens with zero attached hydrogens (tertiary/aromatic N) is 11. The van der Waals surface area contributed by atoms with Gasteiger partial charge in [0, 0.05) is 48.2 Å². The lowest BCUT2D eigenvalue weighted by atomic mass is 9.95. The first-order valence-corrected chi connectivity index (χ1v) is 32.2. The van der Waals surface area contributed by atoms with Gasteiger partial charge in [-0.05, 0) is 59.6 Å². The number of imidazole rings is 2. The number of aromatic nitrogens is 10. The van der Waals surface area contributed by atoms with Gasteiger partial charge in [-0.25, -0.2) is 42.9 Å². The van der Waals surface area contributed by atoms with E-state index in [9.17, 15) is 18.9 Å². The minimum atomic E-state index is -4.72. The highest BCUT2D eigenvalue weighted by atomic mass is 32.7. The number of rotatable bonds is 15. The van der Waals surface area contributed by atoms with E-state index in [1.807, 2.05) is 60.1 Å². The predicted molar refractivity (Wildman–Crippen MR) is 312 cm³/mol. The molecule has 86 heavy (non-hydrogen) atoms. The van der Waals surface area contributed by atoms with Gasteiger partial charge in [0.15, 0.2) is 41.9 Å². The van der Waals surface area contributed by atoms with E-state index in [0.29, 0.717) is 67.1 Å². The first kappa shape index (κ1) is 58.8. The van der Waals surface area contributed by atoms with Crippen LogP contribution in [0.1, 0.15) is 62.6 Å². The summed E-state index contributed by atoms with van der Waals surface area (Å²) in [5.74, 6) is -0.833. The molecule has 3 aromatic carbocycles. The third-order valence-electron chi connectivity index (χ3n) is 15.0. The highest BCUT2D eigenvalue weighted by molar-refractivity contribution is 8.54. The average Bonchev–Trinajstić information content (AvgIpc) is 2.46. The van der Waals surface area contributed by atoms with Crippen molar-refractivity contribution >= 4 is 96.1 Å². The molecule has 6 N–H and O–H groups in total. The number of pyridine rings is 1. The zero-order valence-electron chi connectivity index (χ0n) is 45.9. The SMILES string of the molecule is [B][P@]1(=O)OC[C@H]2O[C@@H](n3cnc4c(N)ccnc43)[C@H](F)[C@@H]2O[P@](=O)(SCc2ccc(NC(=O)CNC(=O)CCCCCn3nnc4c3-c3ccccc3CN(C(=O)CC)c3ccccc3-4)cc2)OC[C@H]2O[C@@H](n3cnc4c(N)ncnc43)[C@H](F)[C@@H]2O1. The molecule has 3 saturated heterocycles. The molecule has 446 valence electrons. The topological polar surface area (TPSA) is 325 Å². The molecule has 12 rings (SSSR count). The summed E-state index contributed by atoms with van der Waals surface area (Å²) in [6.07, 6.45) is -6.27. The van der Waals surface area contributed by atoms with E-state index >= 15 is 13.3 Å². The summed E-state index contributed by atoms with van der Waals surface area (Å²) < 4.78 is 103. The number of nitrogens with one attached hydrogen (secondary N) is 2. The van der Waals surface area contributed by atoms with Crippen LogP contribution in [0.4, 0.5) is 31.7 Å². The number of alkyl halides is 2. The van der Waals surface area contributed by atoms with Gasteiger partial charge in [-0.1, -0.05) is 73.2 Å². The molecule has 10 atom stereocenters. The van der Waals surface area contributed by atoms with Crippen molar-refractivity contribution in [2.24, 2.45) is 0 Å². The number of benzene rings is 3. The van der Waals surface area contributed by atoms with Crippen molar-refractivity contribution in [1.82, 2.24) is 54.4 Å². The Morgan fingerprint density at radius 2 is 1.47 bits per heavy atom. The normalized spacial score (nSPS) is 25.6. The number of hydrogen-bond acceptors (Lipinski definition) is 21. The maximum Gasteiger partial charge on any atom is 0.389 e. The molecule has 0 unspecified atom stereocenters. The molecule has 32 heteroatoms. The summed E-state index contributed by atoms with van der Waals surface area (Å²) in [5, 5.41) is 14.6. The summed E-state index contributed by atoms with van der Waals surface area (Å²) in [4.78, 5) is 61.8. The van der Waals surface area contributed by atoms with Crippen LogP contribution in [-0.2, 0) is 69.9 Å². The lowest BCUT2D eigenvalue weighted by molar-refractivity contribution is -0.124. The molecule has 0 spiro atoms. The van der Waals surface area contributed by atoms with E-state index in [1.54, 1.807) is 29.2 Å². The fraction of sp³-hybridized carbons (Fsp3) is 0.370. The van der Waals surface area contributed by atoms with Crippen molar-refractivity contribution < 1.29 is 59.9 Å². The second-order valence-corrected chi connectivity index (χ2v) is 26.2. The number of ether oxygens (including phenoxy) is 2. The van der Waals surface area contributed by atoms with Crippen LogP contribution in [0.15, 0.2) is 104 Å². The van der Waals surface area contributed by atoms with E-state index in [0.717, 1.165) is 34.4 Å². The third-order valence-corrected chi connectivity index (χ3v) is 19.7. The smallest absolute Gasteiger partial charge is 0.389 e. The number of carbonyl (C=O) groups is 3. The molecular weight excluding hydrogens is 1180 g/mol. The lowest BCUT2D eigenvalue weighted by Gasteiger charge is -2.30. The van der Waals surface area contributed by atoms with Crippen molar-refractivity contribution in [3.63, 3.8) is 0 Å². The summed E-state index contributed by atoms with van der Waals surface area (Å²) in [5.41, 5.74) is 19.0. The lowest BCUT2D eigenvalue weighted by Crippen LogP contribution is -2.37. The molecule has 0 saturated carbocycles. The summed E-state index contributed by atoms with van der Waals surface area (Å²) in [7, 11) is 1.33. The van der Waals surface area contributed by atoms with Gasteiger partial charge < -0.3 is 45.5 Å². The third kappa shape index (κ3) is 12.0. The first-order chi connectivity index (χ1) is 41.5. The number of carbonyl (C=O) groups excluding carboxylic acids is 3. The summed E-state index contributed by atoms with van der Waals surface area (Å²) >= 11 is 0.669. The summed E-state index contributed by atoms with van der Waals surface area (Å²) in [6, 6.07) is 23.7. The molecule has 3 fully saturated rings. The molecule has 0 bridgehead atoms. The van der Waals surface area contributed by atoms with Crippen LogP contribution in [0.3, 0.4) is 0 Å². The van der Waals surface area contributed by atoms with Gasteiger partial charge in [0.25, 0.3) is 7.47 Å². The fourth-order valence-corrected chi connectivity index (χ4v) is 15.2. The van der Waals surface area contributed by atoms with Gasteiger partial charge >= 0.3 is 6.80 Å². The molecule has 3 amide bonds. The maximum absolute atomic E-state index is 17.0. The molecule has 8 aromatic rings. The number of nitrogen functional groups attached to an aromatic ring is 2. The van der Waals surface area contributed by atoms with Gasteiger partial charge in [0.05, 0.1) is 56.0 Å². The Balaban J connectivity index is 0.673. The number of fused-ring (bicyclic) bond motifs is 9.